The van der Waals surface area contributed by atoms with E-state index in [-0.39, 0.29) is 0 Å². The number of hydrogen-bond donors (Lipinski definition) is 1. The molecular formula is C14H30N2. The van der Waals surface area contributed by atoms with E-state index in [1.165, 1.54) is 45.3 Å². The van der Waals surface area contributed by atoms with Gasteiger partial charge < -0.3 is 5.32 Å². The summed E-state index contributed by atoms with van der Waals surface area (Å²) in [4.78, 5) is 2.66. The van der Waals surface area contributed by atoms with E-state index in [1.54, 1.807) is 0 Å². The second-order valence-electron chi connectivity index (χ2n) is 5.61. The summed E-state index contributed by atoms with van der Waals surface area (Å²) in [5.41, 5.74) is 0. The van der Waals surface area contributed by atoms with Crippen LogP contribution in [0.1, 0.15) is 53.4 Å². The van der Waals surface area contributed by atoms with Crippen LogP contribution in [-0.4, -0.2) is 36.6 Å². The van der Waals surface area contributed by atoms with Crippen molar-refractivity contribution in [2.75, 3.05) is 19.6 Å². The van der Waals surface area contributed by atoms with Gasteiger partial charge in [0.25, 0.3) is 0 Å². The van der Waals surface area contributed by atoms with E-state index < -0.39 is 0 Å². The second-order valence-corrected chi connectivity index (χ2v) is 5.61. The highest BCUT2D eigenvalue weighted by molar-refractivity contribution is 4.84. The van der Waals surface area contributed by atoms with Crippen molar-refractivity contribution in [3.63, 3.8) is 0 Å². The van der Waals surface area contributed by atoms with Gasteiger partial charge in [0, 0.05) is 25.2 Å². The monoisotopic (exact) mass is 226 g/mol. The Hall–Kier alpha value is -0.0800. The molecule has 0 amide bonds. The van der Waals surface area contributed by atoms with Crippen LogP contribution in [0, 0.1) is 5.92 Å². The summed E-state index contributed by atoms with van der Waals surface area (Å²) < 4.78 is 0. The average Bonchev–Trinajstić information content (AvgIpc) is 3.04. The Morgan fingerprint density at radius 2 is 1.94 bits per heavy atom. The molecule has 0 aromatic carbocycles. The van der Waals surface area contributed by atoms with Crippen LogP contribution in [0.3, 0.4) is 0 Å². The summed E-state index contributed by atoms with van der Waals surface area (Å²) in [5.74, 6) is 0.778. The molecule has 0 bridgehead atoms. The Labute approximate surface area is 102 Å². The van der Waals surface area contributed by atoms with Gasteiger partial charge in [-0.15, -0.1) is 0 Å². The van der Waals surface area contributed by atoms with Gasteiger partial charge in [0.05, 0.1) is 0 Å². The maximum absolute atomic E-state index is 3.69. The van der Waals surface area contributed by atoms with Crippen molar-refractivity contribution < 1.29 is 0 Å². The molecule has 0 spiro atoms. The molecule has 0 aromatic rings. The summed E-state index contributed by atoms with van der Waals surface area (Å²) >= 11 is 0. The average molecular weight is 226 g/mol. The molecule has 0 saturated heterocycles. The molecule has 1 fully saturated rings. The van der Waals surface area contributed by atoms with Gasteiger partial charge in [0.1, 0.15) is 0 Å². The highest BCUT2D eigenvalue weighted by Gasteiger charge is 2.23. The number of likely N-dealkylation sites (N-methyl/N-ethyl adjacent to an activating group) is 1. The van der Waals surface area contributed by atoms with Crippen molar-refractivity contribution in [1.82, 2.24) is 10.2 Å². The summed E-state index contributed by atoms with van der Waals surface area (Å²) in [6.07, 6.45) is 5.43. The first-order chi connectivity index (χ1) is 7.67. The molecule has 1 rings (SSSR count). The molecule has 16 heavy (non-hydrogen) atoms. The first-order valence-corrected chi connectivity index (χ1v) is 7.14. The Bertz CT molecular complexity index is 176. The zero-order chi connectivity index (χ0) is 12.0. The highest BCUT2D eigenvalue weighted by atomic mass is 15.2. The lowest BCUT2D eigenvalue weighted by Crippen LogP contribution is -2.44. The minimum atomic E-state index is 0.748. The Morgan fingerprint density at radius 1 is 1.25 bits per heavy atom. The molecule has 1 atom stereocenters. The van der Waals surface area contributed by atoms with Gasteiger partial charge >= 0.3 is 0 Å². The van der Waals surface area contributed by atoms with E-state index in [9.17, 15) is 0 Å². The van der Waals surface area contributed by atoms with E-state index in [0.29, 0.717) is 0 Å². The van der Waals surface area contributed by atoms with Crippen LogP contribution in [0.4, 0.5) is 0 Å². The number of nitrogens with zero attached hydrogens (tertiary/aromatic N) is 1. The summed E-state index contributed by atoms with van der Waals surface area (Å²) in [7, 11) is 0. The largest absolute Gasteiger partial charge is 0.312 e. The lowest BCUT2D eigenvalue weighted by molar-refractivity contribution is 0.170. The predicted molar refractivity (Wildman–Crippen MR) is 71.8 cm³/mol. The SMILES string of the molecule is CCCC(CNC1CC1)N(CC)CC(C)C. The highest BCUT2D eigenvalue weighted by Crippen LogP contribution is 2.19. The number of hydrogen-bond acceptors (Lipinski definition) is 2. The first-order valence-electron chi connectivity index (χ1n) is 7.14. The van der Waals surface area contributed by atoms with Crippen molar-refractivity contribution in [3.8, 4) is 0 Å². The Balaban J connectivity index is 2.35. The Kier molecular flexibility index (Phi) is 6.37. The van der Waals surface area contributed by atoms with Gasteiger partial charge in [-0.2, -0.15) is 0 Å². The third-order valence-corrected chi connectivity index (χ3v) is 3.36. The maximum Gasteiger partial charge on any atom is 0.0220 e. The predicted octanol–water partition coefficient (Wildman–Crippen LogP) is 2.89. The summed E-state index contributed by atoms with van der Waals surface area (Å²) in [5, 5.41) is 3.69. The fraction of sp³-hybridized carbons (Fsp3) is 1.00. The van der Waals surface area contributed by atoms with Crippen molar-refractivity contribution in [2.24, 2.45) is 5.92 Å². The number of rotatable bonds is 9. The number of nitrogens with one attached hydrogen (secondary N) is 1. The van der Waals surface area contributed by atoms with Crippen LogP contribution in [0.15, 0.2) is 0 Å². The maximum atomic E-state index is 3.69. The van der Waals surface area contributed by atoms with Crippen molar-refractivity contribution in [1.29, 1.82) is 0 Å². The van der Waals surface area contributed by atoms with E-state index in [4.69, 9.17) is 0 Å². The van der Waals surface area contributed by atoms with Gasteiger partial charge in [0.15, 0.2) is 0 Å². The normalized spacial score (nSPS) is 18.4. The molecule has 0 aliphatic heterocycles. The third-order valence-electron chi connectivity index (χ3n) is 3.36. The quantitative estimate of drug-likeness (QED) is 0.650. The summed E-state index contributed by atoms with van der Waals surface area (Å²) in [6.45, 7) is 12.9. The Morgan fingerprint density at radius 3 is 2.38 bits per heavy atom. The zero-order valence-electron chi connectivity index (χ0n) is 11.6. The van der Waals surface area contributed by atoms with Crippen molar-refractivity contribution in [2.45, 2.75) is 65.5 Å². The molecule has 1 N–H and O–H groups in total. The van der Waals surface area contributed by atoms with Crippen LogP contribution >= 0.6 is 0 Å². The molecule has 0 aromatic heterocycles. The van der Waals surface area contributed by atoms with E-state index in [0.717, 1.165) is 18.0 Å². The summed E-state index contributed by atoms with van der Waals surface area (Å²) in [6, 6.07) is 1.59. The van der Waals surface area contributed by atoms with Crippen LogP contribution in [0.2, 0.25) is 0 Å². The molecule has 1 saturated carbocycles. The molecule has 1 unspecified atom stereocenters. The fourth-order valence-corrected chi connectivity index (χ4v) is 2.34. The van der Waals surface area contributed by atoms with E-state index >= 15 is 0 Å². The minimum absolute atomic E-state index is 0.748. The molecule has 0 heterocycles. The van der Waals surface area contributed by atoms with Gasteiger partial charge in [-0.05, 0) is 31.7 Å². The second kappa shape index (κ2) is 7.29. The molecule has 96 valence electrons. The standard InChI is InChI=1S/C14H30N2/c1-5-7-14(10-15-13-8-9-13)16(6-2)11-12(3)4/h12-15H,5-11H2,1-4H3. The van der Waals surface area contributed by atoms with E-state index in [1.807, 2.05) is 0 Å². The third kappa shape index (κ3) is 5.31. The lowest BCUT2D eigenvalue weighted by atomic mass is 10.1. The van der Waals surface area contributed by atoms with Crippen LogP contribution in [0.25, 0.3) is 0 Å². The molecule has 1 aliphatic rings. The van der Waals surface area contributed by atoms with Crippen LogP contribution in [0.5, 0.6) is 0 Å². The molecule has 1 aliphatic carbocycles. The van der Waals surface area contributed by atoms with Gasteiger partial charge in [-0.25, -0.2) is 0 Å². The first kappa shape index (κ1) is 14.0. The van der Waals surface area contributed by atoms with Crippen LogP contribution in [-0.2, 0) is 0 Å². The fourth-order valence-electron chi connectivity index (χ4n) is 2.34. The lowest BCUT2D eigenvalue weighted by Gasteiger charge is -2.32. The van der Waals surface area contributed by atoms with Gasteiger partial charge in [-0.1, -0.05) is 34.1 Å². The molecule has 2 nitrogen and oxygen atoms in total. The van der Waals surface area contributed by atoms with Crippen molar-refractivity contribution in [3.05, 3.63) is 0 Å². The minimum Gasteiger partial charge on any atom is -0.312 e. The molecule has 2 heteroatoms. The zero-order valence-corrected chi connectivity index (χ0v) is 11.6. The molecular weight excluding hydrogens is 196 g/mol. The van der Waals surface area contributed by atoms with E-state index in [2.05, 4.69) is 37.9 Å². The molecule has 0 radical (unpaired) electrons. The van der Waals surface area contributed by atoms with Crippen LogP contribution < -0.4 is 5.32 Å². The van der Waals surface area contributed by atoms with Crippen molar-refractivity contribution >= 4 is 0 Å². The van der Waals surface area contributed by atoms with Gasteiger partial charge in [0.2, 0.25) is 0 Å². The smallest absolute Gasteiger partial charge is 0.0220 e. The topological polar surface area (TPSA) is 15.3 Å². The van der Waals surface area contributed by atoms with Gasteiger partial charge in [-0.3, -0.25) is 4.90 Å².